The second-order valence-electron chi connectivity index (χ2n) is 4.66. The fourth-order valence-corrected chi connectivity index (χ4v) is 1.89. The molecule has 0 fully saturated rings. The first-order chi connectivity index (χ1) is 10.2. The number of ether oxygens (including phenoxy) is 2. The molecule has 0 aliphatic rings. The van der Waals surface area contributed by atoms with Crippen molar-refractivity contribution < 1.29 is 19.4 Å². The quantitative estimate of drug-likeness (QED) is 0.828. The smallest absolute Gasteiger partial charge is 0.335 e. The number of rotatable bonds is 6. The van der Waals surface area contributed by atoms with Crippen LogP contribution in [0.5, 0.6) is 5.75 Å². The standard InChI is InChI=1S/C17H18O4/c1-20-15-9-7-14(8-10-15)12-21-17(19)16(18)11-13-5-3-2-4-6-13/h2-10,16,18H,11-12H2,1H3/t16-/m1/s1. The van der Waals surface area contributed by atoms with Gasteiger partial charge in [-0.3, -0.25) is 0 Å². The van der Waals surface area contributed by atoms with Crippen molar-refractivity contribution in [2.45, 2.75) is 19.1 Å². The van der Waals surface area contributed by atoms with Crippen LogP contribution in [0, 0.1) is 0 Å². The highest BCUT2D eigenvalue weighted by Gasteiger charge is 2.17. The van der Waals surface area contributed by atoms with E-state index in [2.05, 4.69) is 0 Å². The average molecular weight is 286 g/mol. The second-order valence-corrected chi connectivity index (χ2v) is 4.66. The van der Waals surface area contributed by atoms with Crippen molar-refractivity contribution in [2.75, 3.05) is 7.11 Å². The monoisotopic (exact) mass is 286 g/mol. The van der Waals surface area contributed by atoms with Crippen molar-refractivity contribution in [2.24, 2.45) is 0 Å². The molecule has 4 heteroatoms. The van der Waals surface area contributed by atoms with E-state index in [0.717, 1.165) is 16.9 Å². The van der Waals surface area contributed by atoms with E-state index < -0.39 is 12.1 Å². The fourth-order valence-electron chi connectivity index (χ4n) is 1.89. The number of hydrogen-bond donors (Lipinski definition) is 1. The Kier molecular flexibility index (Phi) is 5.35. The minimum atomic E-state index is -1.15. The predicted molar refractivity (Wildman–Crippen MR) is 78.9 cm³/mol. The lowest BCUT2D eigenvalue weighted by Crippen LogP contribution is -2.25. The summed E-state index contributed by atoms with van der Waals surface area (Å²) in [6.07, 6.45) is -0.895. The molecule has 0 unspecified atom stereocenters. The van der Waals surface area contributed by atoms with Crippen LogP contribution in [0.2, 0.25) is 0 Å². The molecule has 110 valence electrons. The summed E-state index contributed by atoms with van der Waals surface area (Å²) in [4.78, 5) is 11.7. The second kappa shape index (κ2) is 7.45. The van der Waals surface area contributed by atoms with Crippen LogP contribution >= 0.6 is 0 Å². The predicted octanol–water partition coefficient (Wildman–Crippen LogP) is 2.34. The van der Waals surface area contributed by atoms with Crippen molar-refractivity contribution in [3.8, 4) is 5.75 Å². The van der Waals surface area contributed by atoms with Crippen molar-refractivity contribution in [3.05, 3.63) is 65.7 Å². The first kappa shape index (κ1) is 15.1. The van der Waals surface area contributed by atoms with Gasteiger partial charge in [0.25, 0.3) is 0 Å². The van der Waals surface area contributed by atoms with Crippen LogP contribution in [0.1, 0.15) is 11.1 Å². The molecule has 2 rings (SSSR count). The first-order valence-corrected chi connectivity index (χ1v) is 6.70. The largest absolute Gasteiger partial charge is 0.497 e. The Bertz CT molecular complexity index is 563. The lowest BCUT2D eigenvalue weighted by Gasteiger charge is -2.11. The van der Waals surface area contributed by atoms with Crippen LogP contribution < -0.4 is 4.74 Å². The molecule has 4 nitrogen and oxygen atoms in total. The van der Waals surface area contributed by atoms with Crippen LogP contribution in [0.25, 0.3) is 0 Å². The van der Waals surface area contributed by atoms with Gasteiger partial charge in [0.05, 0.1) is 7.11 Å². The van der Waals surface area contributed by atoms with Crippen molar-refractivity contribution in [1.29, 1.82) is 0 Å². The summed E-state index contributed by atoms with van der Waals surface area (Å²) in [6.45, 7) is 0.134. The topological polar surface area (TPSA) is 55.8 Å². The minimum Gasteiger partial charge on any atom is -0.497 e. The maximum Gasteiger partial charge on any atom is 0.335 e. The number of aliphatic hydroxyl groups excluding tert-OH is 1. The van der Waals surface area contributed by atoms with E-state index in [9.17, 15) is 9.90 Å². The van der Waals surface area contributed by atoms with Gasteiger partial charge in [0, 0.05) is 6.42 Å². The third-order valence-corrected chi connectivity index (χ3v) is 3.08. The Hall–Kier alpha value is -2.33. The van der Waals surface area contributed by atoms with Crippen molar-refractivity contribution >= 4 is 5.97 Å². The summed E-state index contributed by atoms with van der Waals surface area (Å²) in [5.41, 5.74) is 1.74. The number of aliphatic hydroxyl groups is 1. The molecule has 0 bridgehead atoms. The summed E-state index contributed by atoms with van der Waals surface area (Å²) in [7, 11) is 1.59. The number of carbonyl (C=O) groups is 1. The number of methoxy groups -OCH3 is 1. The summed E-state index contributed by atoms with van der Waals surface area (Å²) in [5, 5.41) is 9.84. The van der Waals surface area contributed by atoms with Gasteiger partial charge in [-0.25, -0.2) is 4.79 Å². The van der Waals surface area contributed by atoms with Gasteiger partial charge < -0.3 is 14.6 Å². The number of carbonyl (C=O) groups excluding carboxylic acids is 1. The normalized spacial score (nSPS) is 11.7. The molecule has 0 amide bonds. The van der Waals surface area contributed by atoms with Gasteiger partial charge in [0.2, 0.25) is 0 Å². The molecule has 1 N–H and O–H groups in total. The highest BCUT2D eigenvalue weighted by molar-refractivity contribution is 5.74. The van der Waals surface area contributed by atoms with Gasteiger partial charge in [0.1, 0.15) is 12.4 Å². The molecule has 0 spiro atoms. The zero-order valence-electron chi connectivity index (χ0n) is 11.9. The molecule has 0 aliphatic carbocycles. The highest BCUT2D eigenvalue weighted by atomic mass is 16.5. The Morgan fingerprint density at radius 1 is 1.05 bits per heavy atom. The van der Waals surface area contributed by atoms with Crippen LogP contribution in [-0.2, 0) is 22.6 Å². The molecule has 2 aromatic carbocycles. The zero-order chi connectivity index (χ0) is 15.1. The molecule has 0 saturated heterocycles. The van der Waals surface area contributed by atoms with E-state index in [-0.39, 0.29) is 13.0 Å². The third kappa shape index (κ3) is 4.61. The fraction of sp³-hybridized carbons (Fsp3) is 0.235. The molecule has 0 radical (unpaired) electrons. The summed E-state index contributed by atoms with van der Waals surface area (Å²) in [6, 6.07) is 16.6. The Labute approximate surface area is 123 Å². The lowest BCUT2D eigenvalue weighted by atomic mass is 10.1. The molecule has 2 aromatic rings. The Morgan fingerprint density at radius 3 is 2.33 bits per heavy atom. The lowest BCUT2D eigenvalue weighted by molar-refractivity contribution is -0.154. The van der Waals surface area contributed by atoms with Crippen LogP contribution in [0.15, 0.2) is 54.6 Å². The van der Waals surface area contributed by atoms with E-state index in [1.165, 1.54) is 0 Å². The van der Waals surface area contributed by atoms with Gasteiger partial charge >= 0.3 is 5.97 Å². The number of esters is 1. The van der Waals surface area contributed by atoms with Crippen molar-refractivity contribution in [3.63, 3.8) is 0 Å². The first-order valence-electron chi connectivity index (χ1n) is 6.70. The molecule has 0 heterocycles. The molecule has 21 heavy (non-hydrogen) atoms. The zero-order valence-corrected chi connectivity index (χ0v) is 11.9. The van der Waals surface area contributed by atoms with Gasteiger partial charge in [-0.1, -0.05) is 42.5 Å². The maximum absolute atomic E-state index is 11.7. The summed E-state index contributed by atoms with van der Waals surface area (Å²) < 4.78 is 10.2. The minimum absolute atomic E-state index is 0.134. The van der Waals surface area contributed by atoms with Crippen LogP contribution in [-0.4, -0.2) is 24.3 Å². The van der Waals surface area contributed by atoms with Gasteiger partial charge in [-0.15, -0.1) is 0 Å². The molecular formula is C17H18O4. The highest BCUT2D eigenvalue weighted by Crippen LogP contribution is 2.12. The average Bonchev–Trinajstić information content (AvgIpc) is 2.54. The van der Waals surface area contributed by atoms with E-state index >= 15 is 0 Å². The Balaban J connectivity index is 1.83. The van der Waals surface area contributed by atoms with E-state index in [1.807, 2.05) is 42.5 Å². The Morgan fingerprint density at radius 2 is 1.71 bits per heavy atom. The number of benzene rings is 2. The molecule has 1 atom stereocenters. The van der Waals surface area contributed by atoms with Crippen LogP contribution in [0.3, 0.4) is 0 Å². The molecule has 0 aliphatic heterocycles. The van der Waals surface area contributed by atoms with Crippen molar-refractivity contribution in [1.82, 2.24) is 0 Å². The molecular weight excluding hydrogens is 268 g/mol. The SMILES string of the molecule is COc1ccc(COC(=O)[C@H](O)Cc2ccccc2)cc1. The van der Waals surface area contributed by atoms with Gasteiger partial charge in [-0.2, -0.15) is 0 Å². The molecule has 0 aromatic heterocycles. The summed E-state index contributed by atoms with van der Waals surface area (Å²) in [5.74, 6) is 0.129. The van der Waals surface area contributed by atoms with E-state index in [0.29, 0.717) is 0 Å². The third-order valence-electron chi connectivity index (χ3n) is 3.08. The van der Waals surface area contributed by atoms with E-state index in [4.69, 9.17) is 9.47 Å². The van der Waals surface area contributed by atoms with Crippen LogP contribution in [0.4, 0.5) is 0 Å². The van der Waals surface area contributed by atoms with Gasteiger partial charge in [0.15, 0.2) is 6.10 Å². The maximum atomic E-state index is 11.7. The van der Waals surface area contributed by atoms with E-state index in [1.54, 1.807) is 19.2 Å². The molecule has 0 saturated carbocycles. The summed E-state index contributed by atoms with van der Waals surface area (Å²) >= 11 is 0. The number of hydrogen-bond acceptors (Lipinski definition) is 4. The van der Waals surface area contributed by atoms with Gasteiger partial charge in [-0.05, 0) is 23.3 Å².